The van der Waals surface area contributed by atoms with Gasteiger partial charge in [0.15, 0.2) is 0 Å². The van der Waals surface area contributed by atoms with Gasteiger partial charge >= 0.3 is 11.8 Å². The van der Waals surface area contributed by atoms with Gasteiger partial charge in [0, 0.05) is 22.9 Å². The van der Waals surface area contributed by atoms with E-state index in [0.29, 0.717) is 35.1 Å². The Hall–Kier alpha value is -3.36. The molecule has 0 aromatic heterocycles. The van der Waals surface area contributed by atoms with Crippen LogP contribution in [-0.4, -0.2) is 26.8 Å². The Morgan fingerprint density at radius 2 is 1.50 bits per heavy atom. The number of benzene rings is 3. The van der Waals surface area contributed by atoms with Crippen LogP contribution in [0.2, 0.25) is 5.02 Å². The zero-order chi connectivity index (χ0) is 24.5. The van der Waals surface area contributed by atoms with Crippen LogP contribution in [0.3, 0.4) is 0 Å². The van der Waals surface area contributed by atoms with E-state index in [1.807, 2.05) is 13.8 Å². The smallest absolute Gasteiger partial charge is 0.314 e. The molecule has 2 amide bonds. The molecule has 1 aliphatic rings. The highest BCUT2D eigenvalue weighted by molar-refractivity contribution is 7.92. The van der Waals surface area contributed by atoms with Crippen LogP contribution >= 0.6 is 11.6 Å². The zero-order valence-electron chi connectivity index (χ0n) is 18.8. The van der Waals surface area contributed by atoms with E-state index in [1.54, 1.807) is 60.7 Å². The maximum atomic E-state index is 13.3. The lowest BCUT2D eigenvalue weighted by Crippen LogP contribution is -2.35. The molecular weight excluding hydrogens is 474 g/mol. The van der Waals surface area contributed by atoms with Gasteiger partial charge in [0.05, 0.1) is 10.6 Å². The number of hydrogen-bond donors (Lipinski definition) is 2. The molecule has 1 aliphatic heterocycles. The van der Waals surface area contributed by atoms with Crippen LogP contribution in [0.25, 0.3) is 0 Å². The number of nitrogens with zero attached hydrogens (tertiary/aromatic N) is 1. The molecule has 1 heterocycles. The molecule has 0 saturated heterocycles. The van der Waals surface area contributed by atoms with Gasteiger partial charge in [0.2, 0.25) is 0 Å². The van der Waals surface area contributed by atoms with Crippen LogP contribution in [0.4, 0.5) is 17.1 Å². The number of aryl methyl sites for hydroxylation is 3. The van der Waals surface area contributed by atoms with Gasteiger partial charge in [-0.1, -0.05) is 41.4 Å². The summed E-state index contributed by atoms with van der Waals surface area (Å²) in [6, 6.07) is 16.7. The highest BCUT2D eigenvalue weighted by atomic mass is 35.5. The highest BCUT2D eigenvalue weighted by Crippen LogP contribution is 2.34. The van der Waals surface area contributed by atoms with Gasteiger partial charge in [-0.05, 0) is 74.2 Å². The number of fused-ring (bicyclic) bond motifs is 1. The molecule has 0 saturated carbocycles. The van der Waals surface area contributed by atoms with Crippen molar-refractivity contribution < 1.29 is 18.0 Å². The molecule has 176 valence electrons. The van der Waals surface area contributed by atoms with Crippen molar-refractivity contribution >= 4 is 50.5 Å². The molecule has 0 spiro atoms. The normalized spacial score (nSPS) is 13.2. The SMILES string of the molecule is Cc1ccc(S(=O)(=O)N2CCCc3ccc(NC(=O)C(=O)Nc4ccc(C)c(Cl)c4)cc32)cc1. The van der Waals surface area contributed by atoms with Gasteiger partial charge in [0.1, 0.15) is 0 Å². The van der Waals surface area contributed by atoms with Crippen LogP contribution in [0.1, 0.15) is 23.1 Å². The summed E-state index contributed by atoms with van der Waals surface area (Å²) in [7, 11) is -3.77. The van der Waals surface area contributed by atoms with Crippen molar-refractivity contribution in [2.45, 2.75) is 31.6 Å². The monoisotopic (exact) mass is 497 g/mol. The van der Waals surface area contributed by atoms with Gasteiger partial charge in [0.25, 0.3) is 10.0 Å². The minimum atomic E-state index is -3.77. The molecule has 0 radical (unpaired) electrons. The van der Waals surface area contributed by atoms with Gasteiger partial charge in [-0.15, -0.1) is 0 Å². The van der Waals surface area contributed by atoms with Gasteiger partial charge < -0.3 is 10.6 Å². The standard InChI is InChI=1S/C25H24ClN3O4S/c1-16-5-11-21(12-6-16)34(32,33)29-13-3-4-18-8-10-20(15-23(18)29)28-25(31)24(30)27-19-9-7-17(2)22(26)14-19/h5-12,14-15H,3-4,13H2,1-2H3,(H,27,30)(H,28,31). The molecule has 0 bridgehead atoms. The lowest BCUT2D eigenvalue weighted by atomic mass is 10.0. The summed E-state index contributed by atoms with van der Waals surface area (Å²) < 4.78 is 28.0. The van der Waals surface area contributed by atoms with E-state index in [2.05, 4.69) is 10.6 Å². The molecule has 3 aromatic rings. The number of carbonyl (C=O) groups excluding carboxylic acids is 2. The summed E-state index contributed by atoms with van der Waals surface area (Å²) >= 11 is 6.07. The van der Waals surface area contributed by atoms with Gasteiger partial charge in [-0.3, -0.25) is 13.9 Å². The predicted molar refractivity (Wildman–Crippen MR) is 134 cm³/mol. The van der Waals surface area contributed by atoms with Crippen molar-refractivity contribution in [2.24, 2.45) is 0 Å². The predicted octanol–water partition coefficient (Wildman–Crippen LogP) is 4.68. The van der Waals surface area contributed by atoms with Gasteiger partial charge in [-0.2, -0.15) is 0 Å². The topological polar surface area (TPSA) is 95.6 Å². The number of halogens is 1. The number of hydrogen-bond acceptors (Lipinski definition) is 4. The fraction of sp³-hybridized carbons (Fsp3) is 0.200. The third-order valence-electron chi connectivity index (χ3n) is 5.66. The minimum absolute atomic E-state index is 0.205. The number of rotatable bonds is 4. The fourth-order valence-corrected chi connectivity index (χ4v) is 5.47. The van der Waals surface area contributed by atoms with Crippen LogP contribution < -0.4 is 14.9 Å². The molecule has 9 heteroatoms. The summed E-state index contributed by atoms with van der Waals surface area (Å²) in [4.78, 5) is 25.1. The molecule has 0 unspecified atom stereocenters. The van der Waals surface area contributed by atoms with Crippen molar-refractivity contribution in [3.63, 3.8) is 0 Å². The van der Waals surface area contributed by atoms with Crippen LogP contribution in [-0.2, 0) is 26.0 Å². The van der Waals surface area contributed by atoms with Gasteiger partial charge in [-0.25, -0.2) is 8.42 Å². The third-order valence-corrected chi connectivity index (χ3v) is 7.90. The zero-order valence-corrected chi connectivity index (χ0v) is 20.3. The van der Waals surface area contributed by atoms with Crippen molar-refractivity contribution in [1.82, 2.24) is 0 Å². The van der Waals surface area contributed by atoms with Crippen LogP contribution in [0.15, 0.2) is 65.6 Å². The third kappa shape index (κ3) is 4.93. The Balaban J connectivity index is 1.55. The summed E-state index contributed by atoms with van der Waals surface area (Å²) in [5.74, 6) is -1.73. The molecule has 2 N–H and O–H groups in total. The molecule has 3 aromatic carbocycles. The minimum Gasteiger partial charge on any atom is -0.318 e. The molecule has 7 nitrogen and oxygen atoms in total. The average molecular weight is 498 g/mol. The second-order valence-electron chi connectivity index (χ2n) is 8.21. The second-order valence-corrected chi connectivity index (χ2v) is 10.5. The number of sulfonamides is 1. The molecule has 4 rings (SSSR count). The Bertz CT molecular complexity index is 1370. The Morgan fingerprint density at radius 1 is 0.882 bits per heavy atom. The molecule has 34 heavy (non-hydrogen) atoms. The molecular formula is C25H24ClN3O4S. The first-order chi connectivity index (χ1) is 16.1. The van der Waals surface area contributed by atoms with Crippen molar-refractivity contribution in [1.29, 1.82) is 0 Å². The number of amides is 2. The quantitative estimate of drug-likeness (QED) is 0.512. The van der Waals surface area contributed by atoms with Crippen molar-refractivity contribution in [2.75, 3.05) is 21.5 Å². The summed E-state index contributed by atoms with van der Waals surface area (Å²) in [6.45, 7) is 4.06. The van der Waals surface area contributed by atoms with E-state index >= 15 is 0 Å². The van der Waals surface area contributed by atoms with E-state index in [1.165, 1.54) is 4.31 Å². The summed E-state index contributed by atoms with van der Waals surface area (Å²) in [5.41, 5.74) is 3.90. The van der Waals surface area contributed by atoms with Crippen molar-refractivity contribution in [3.05, 3.63) is 82.4 Å². The first-order valence-corrected chi connectivity index (χ1v) is 12.6. The summed E-state index contributed by atoms with van der Waals surface area (Å²) in [6.07, 6.45) is 1.41. The Labute approximate surface area is 203 Å². The van der Waals surface area contributed by atoms with E-state index in [4.69, 9.17) is 11.6 Å². The number of anilines is 3. The first kappa shape index (κ1) is 23.8. The molecule has 0 aliphatic carbocycles. The largest absolute Gasteiger partial charge is 0.318 e. The van der Waals surface area contributed by atoms with Crippen LogP contribution in [0, 0.1) is 13.8 Å². The lowest BCUT2D eigenvalue weighted by molar-refractivity contribution is -0.132. The Morgan fingerprint density at radius 3 is 2.15 bits per heavy atom. The van der Waals surface area contributed by atoms with E-state index in [0.717, 1.165) is 23.1 Å². The molecule has 0 atom stereocenters. The van der Waals surface area contributed by atoms with Crippen molar-refractivity contribution in [3.8, 4) is 0 Å². The van der Waals surface area contributed by atoms with Crippen LogP contribution in [0.5, 0.6) is 0 Å². The van der Waals surface area contributed by atoms with E-state index < -0.39 is 21.8 Å². The molecule has 0 fully saturated rings. The van der Waals surface area contributed by atoms with E-state index in [-0.39, 0.29) is 4.90 Å². The highest BCUT2D eigenvalue weighted by Gasteiger charge is 2.29. The Kier molecular flexibility index (Phi) is 6.63. The number of carbonyl (C=O) groups is 2. The first-order valence-electron chi connectivity index (χ1n) is 10.8. The maximum absolute atomic E-state index is 13.3. The maximum Gasteiger partial charge on any atom is 0.314 e. The number of nitrogens with one attached hydrogen (secondary N) is 2. The average Bonchev–Trinajstić information content (AvgIpc) is 2.81. The second kappa shape index (κ2) is 9.48. The lowest BCUT2D eigenvalue weighted by Gasteiger charge is -2.31. The fourth-order valence-electron chi connectivity index (χ4n) is 3.75. The summed E-state index contributed by atoms with van der Waals surface area (Å²) in [5, 5.41) is 5.54. The van der Waals surface area contributed by atoms with E-state index in [9.17, 15) is 18.0 Å².